The molecule has 1 aliphatic carbocycles. The van der Waals surface area contributed by atoms with E-state index in [-0.39, 0.29) is 17.4 Å². The Kier molecular flexibility index (Phi) is 5.04. The predicted octanol–water partition coefficient (Wildman–Crippen LogP) is 4.14. The van der Waals surface area contributed by atoms with Crippen LogP contribution in [-0.4, -0.2) is 25.0 Å². The SMILES string of the molecule is COc1ccc(OC)c(C2CC(c3c(C)cc4oc(=O)c5c(c4c3O)CCCC5)=NN2)c1. The fourth-order valence-electron chi connectivity index (χ4n) is 4.96. The van der Waals surface area contributed by atoms with Crippen molar-refractivity contribution >= 4 is 16.7 Å². The van der Waals surface area contributed by atoms with Crippen LogP contribution in [0.4, 0.5) is 0 Å². The molecule has 2 aliphatic rings. The number of nitrogens with zero attached hydrogens (tertiary/aromatic N) is 1. The zero-order valence-corrected chi connectivity index (χ0v) is 18.4. The number of phenols is 1. The van der Waals surface area contributed by atoms with Crippen molar-refractivity contribution in [1.29, 1.82) is 0 Å². The molecule has 1 atom stereocenters. The number of ether oxygens (including phenoxy) is 2. The highest BCUT2D eigenvalue weighted by atomic mass is 16.5. The van der Waals surface area contributed by atoms with E-state index < -0.39 is 0 Å². The number of hydrogen-bond donors (Lipinski definition) is 2. The average molecular weight is 434 g/mol. The van der Waals surface area contributed by atoms with Gasteiger partial charge in [0.15, 0.2) is 0 Å². The van der Waals surface area contributed by atoms with Crippen LogP contribution in [0.3, 0.4) is 0 Å². The van der Waals surface area contributed by atoms with Crippen LogP contribution in [0.15, 0.2) is 38.6 Å². The maximum absolute atomic E-state index is 12.5. The molecule has 1 aliphatic heterocycles. The number of benzene rings is 2. The van der Waals surface area contributed by atoms with Crippen LogP contribution in [0.1, 0.15) is 53.1 Å². The average Bonchev–Trinajstić information content (AvgIpc) is 3.28. The number of aromatic hydroxyl groups is 1. The minimum absolute atomic E-state index is 0.118. The summed E-state index contributed by atoms with van der Waals surface area (Å²) in [6.45, 7) is 1.90. The van der Waals surface area contributed by atoms with E-state index in [0.717, 1.165) is 53.2 Å². The van der Waals surface area contributed by atoms with Gasteiger partial charge in [-0.3, -0.25) is 0 Å². The summed E-state index contributed by atoms with van der Waals surface area (Å²) < 4.78 is 16.5. The molecule has 0 saturated carbocycles. The zero-order valence-electron chi connectivity index (χ0n) is 18.4. The highest BCUT2D eigenvalue weighted by Gasteiger charge is 2.29. The van der Waals surface area contributed by atoms with Gasteiger partial charge >= 0.3 is 5.63 Å². The molecule has 7 heteroatoms. The van der Waals surface area contributed by atoms with Crippen LogP contribution < -0.4 is 20.5 Å². The summed E-state index contributed by atoms with van der Waals surface area (Å²) in [6, 6.07) is 7.39. The molecule has 2 aromatic carbocycles. The van der Waals surface area contributed by atoms with Gasteiger partial charge in [0.1, 0.15) is 22.8 Å². The zero-order chi connectivity index (χ0) is 22.4. The van der Waals surface area contributed by atoms with E-state index in [1.54, 1.807) is 14.2 Å². The van der Waals surface area contributed by atoms with E-state index in [2.05, 4.69) is 10.5 Å². The Hall–Kier alpha value is -3.48. The number of hydrogen-bond acceptors (Lipinski definition) is 7. The Morgan fingerprint density at radius 1 is 1.12 bits per heavy atom. The third-order valence-electron chi connectivity index (χ3n) is 6.53. The van der Waals surface area contributed by atoms with Crippen LogP contribution in [0, 0.1) is 6.92 Å². The van der Waals surface area contributed by atoms with Crippen molar-refractivity contribution in [3.8, 4) is 17.2 Å². The van der Waals surface area contributed by atoms with Crippen molar-refractivity contribution in [1.82, 2.24) is 5.43 Å². The molecule has 7 nitrogen and oxygen atoms in total. The van der Waals surface area contributed by atoms with E-state index in [1.165, 1.54) is 0 Å². The molecular weight excluding hydrogens is 408 g/mol. The van der Waals surface area contributed by atoms with E-state index in [9.17, 15) is 9.90 Å². The number of nitrogens with one attached hydrogen (secondary N) is 1. The second-order valence-electron chi connectivity index (χ2n) is 8.40. The quantitative estimate of drug-likeness (QED) is 0.600. The minimum atomic E-state index is -0.288. The monoisotopic (exact) mass is 434 g/mol. The Balaban J connectivity index is 1.58. The Morgan fingerprint density at radius 3 is 2.66 bits per heavy atom. The molecule has 166 valence electrons. The molecule has 0 radical (unpaired) electrons. The summed E-state index contributed by atoms with van der Waals surface area (Å²) in [5, 5.41) is 16.6. The molecular formula is C25H26N2O5. The van der Waals surface area contributed by atoms with Gasteiger partial charge in [0.05, 0.1) is 31.4 Å². The summed E-state index contributed by atoms with van der Waals surface area (Å²) in [5.41, 5.74) is 8.14. The lowest BCUT2D eigenvalue weighted by Gasteiger charge is -2.19. The van der Waals surface area contributed by atoms with E-state index in [1.807, 2.05) is 31.2 Å². The standard InChI is InChI=1S/C25H26N2O5/c1-13-10-21-23(15-6-4-5-7-16(15)25(29)32-21)24(28)22(13)19-12-18(26-27-19)17-11-14(30-2)8-9-20(17)31-3/h8-11,18,26,28H,4-7,12H2,1-3H3. The van der Waals surface area contributed by atoms with Crippen LogP contribution in [0.2, 0.25) is 0 Å². The van der Waals surface area contributed by atoms with Crippen molar-refractivity contribution < 1.29 is 19.0 Å². The summed E-state index contributed by atoms with van der Waals surface area (Å²) in [6.07, 6.45) is 3.98. The molecule has 0 fully saturated rings. The van der Waals surface area contributed by atoms with Crippen molar-refractivity contribution in [2.45, 2.75) is 45.1 Å². The molecule has 0 bridgehead atoms. The molecule has 1 unspecified atom stereocenters. The van der Waals surface area contributed by atoms with Gasteiger partial charge in [-0.05, 0) is 68.0 Å². The second kappa shape index (κ2) is 7.89. The Bertz CT molecular complexity index is 1310. The number of aryl methyl sites for hydroxylation is 2. The van der Waals surface area contributed by atoms with Gasteiger partial charge in [-0.1, -0.05) is 0 Å². The predicted molar refractivity (Wildman–Crippen MR) is 122 cm³/mol. The summed E-state index contributed by atoms with van der Waals surface area (Å²) in [4.78, 5) is 12.5. The second-order valence-corrected chi connectivity index (χ2v) is 8.40. The summed E-state index contributed by atoms with van der Waals surface area (Å²) in [7, 11) is 3.27. The largest absolute Gasteiger partial charge is 0.506 e. The van der Waals surface area contributed by atoms with Crippen LogP contribution in [0.5, 0.6) is 17.2 Å². The number of methoxy groups -OCH3 is 2. The molecule has 0 spiro atoms. The van der Waals surface area contributed by atoms with Crippen molar-refractivity contribution in [2.24, 2.45) is 5.10 Å². The normalized spacial score (nSPS) is 17.6. The smallest absolute Gasteiger partial charge is 0.339 e. The minimum Gasteiger partial charge on any atom is -0.506 e. The Morgan fingerprint density at radius 2 is 1.91 bits per heavy atom. The topological polar surface area (TPSA) is 93.3 Å². The van der Waals surface area contributed by atoms with Gasteiger partial charge in [0.2, 0.25) is 0 Å². The molecule has 0 saturated heterocycles. The van der Waals surface area contributed by atoms with E-state index in [4.69, 9.17) is 13.9 Å². The first-order valence-electron chi connectivity index (χ1n) is 10.9. The fourth-order valence-corrected chi connectivity index (χ4v) is 4.96. The van der Waals surface area contributed by atoms with Crippen molar-refractivity contribution in [3.63, 3.8) is 0 Å². The molecule has 32 heavy (non-hydrogen) atoms. The molecule has 0 amide bonds. The van der Waals surface area contributed by atoms with Gasteiger partial charge in [-0.25, -0.2) is 4.79 Å². The highest BCUT2D eigenvalue weighted by molar-refractivity contribution is 6.09. The lowest BCUT2D eigenvalue weighted by molar-refractivity contribution is 0.392. The fraction of sp³-hybridized carbons (Fsp3) is 0.360. The maximum Gasteiger partial charge on any atom is 0.339 e. The van der Waals surface area contributed by atoms with E-state index in [0.29, 0.717) is 34.9 Å². The first-order valence-corrected chi connectivity index (χ1v) is 10.9. The Labute approximate surface area is 185 Å². The molecule has 3 aromatic rings. The number of fused-ring (bicyclic) bond motifs is 3. The molecule has 2 N–H and O–H groups in total. The lowest BCUT2D eigenvalue weighted by atomic mass is 9.87. The van der Waals surface area contributed by atoms with Crippen LogP contribution in [-0.2, 0) is 12.8 Å². The van der Waals surface area contributed by atoms with Gasteiger partial charge in [0.25, 0.3) is 0 Å². The van der Waals surface area contributed by atoms with Crippen LogP contribution in [0.25, 0.3) is 11.0 Å². The first kappa shape index (κ1) is 20.4. The summed E-state index contributed by atoms with van der Waals surface area (Å²) in [5.74, 6) is 1.62. The third-order valence-corrected chi connectivity index (χ3v) is 6.53. The highest BCUT2D eigenvalue weighted by Crippen LogP contribution is 2.40. The number of hydrazone groups is 1. The lowest BCUT2D eigenvalue weighted by Crippen LogP contribution is -2.16. The van der Waals surface area contributed by atoms with Crippen molar-refractivity contribution in [3.05, 3.63) is 62.5 Å². The molecule has 5 rings (SSSR count). The maximum atomic E-state index is 12.5. The third kappa shape index (κ3) is 3.20. The first-order chi connectivity index (χ1) is 15.5. The van der Waals surface area contributed by atoms with Crippen LogP contribution >= 0.6 is 0 Å². The van der Waals surface area contributed by atoms with Crippen molar-refractivity contribution in [2.75, 3.05) is 14.2 Å². The number of rotatable bonds is 4. The van der Waals surface area contributed by atoms with Gasteiger partial charge in [-0.2, -0.15) is 5.10 Å². The van der Waals surface area contributed by atoms with Gasteiger partial charge < -0.3 is 24.4 Å². The summed E-state index contributed by atoms with van der Waals surface area (Å²) >= 11 is 0. The molecule has 2 heterocycles. The van der Waals surface area contributed by atoms with E-state index >= 15 is 0 Å². The number of phenolic OH excluding ortho intramolecular Hbond substituents is 1. The van der Waals surface area contributed by atoms with Gasteiger partial charge in [0, 0.05) is 23.1 Å². The van der Waals surface area contributed by atoms with Gasteiger partial charge in [-0.15, -0.1) is 0 Å². The molecule has 1 aromatic heterocycles.